The maximum atomic E-state index is 5.59. The van der Waals surface area contributed by atoms with Gasteiger partial charge in [-0.05, 0) is 24.5 Å². The van der Waals surface area contributed by atoms with Crippen LogP contribution in [0.4, 0.5) is 0 Å². The molecule has 1 aliphatic heterocycles. The Labute approximate surface area is 81.5 Å². The zero-order chi connectivity index (χ0) is 9.35. The number of likely N-dealkylation sites (tertiary alicyclic amines) is 1. The molecule has 3 atom stereocenters. The molecule has 1 heterocycles. The molecule has 6 radical (unpaired) electrons. The standard InChI is InChI=1S/C7H13B3NP/c1-5-2-3-11(4-6(5)12)7(8,9)10/h5-6H,2-4,12H2,1H3/t5-,6?/m1/s1. The SMILES string of the molecule is [B]C([B])([B])N1CC[C@@H](C)C(P)C1. The predicted molar refractivity (Wildman–Crippen MR) is 58.8 cm³/mol. The van der Waals surface area contributed by atoms with E-state index in [4.69, 9.17) is 23.5 Å². The molecule has 0 aromatic heterocycles. The van der Waals surface area contributed by atoms with E-state index in [-0.39, 0.29) is 0 Å². The van der Waals surface area contributed by atoms with Gasteiger partial charge in [0, 0.05) is 6.54 Å². The second kappa shape index (κ2) is 3.76. The smallest absolute Gasteiger partial charge is 0.0698 e. The zero-order valence-electron chi connectivity index (χ0n) is 7.53. The van der Waals surface area contributed by atoms with E-state index in [2.05, 4.69) is 16.2 Å². The van der Waals surface area contributed by atoms with Crippen LogP contribution in [0.15, 0.2) is 0 Å². The fourth-order valence-corrected chi connectivity index (χ4v) is 1.90. The largest absolute Gasteiger partial charge is 0.322 e. The van der Waals surface area contributed by atoms with Crippen molar-refractivity contribution in [2.24, 2.45) is 5.92 Å². The normalized spacial score (nSPS) is 33.5. The molecule has 1 rings (SSSR count). The van der Waals surface area contributed by atoms with Crippen molar-refractivity contribution in [2.45, 2.75) is 24.2 Å². The lowest BCUT2D eigenvalue weighted by Crippen LogP contribution is -2.56. The van der Waals surface area contributed by atoms with Crippen molar-refractivity contribution in [1.29, 1.82) is 0 Å². The monoisotopic (exact) mass is 175 g/mol. The van der Waals surface area contributed by atoms with Crippen molar-refractivity contribution in [3.05, 3.63) is 0 Å². The molecule has 60 valence electrons. The Morgan fingerprint density at radius 1 is 1.42 bits per heavy atom. The fourth-order valence-electron chi connectivity index (χ4n) is 1.45. The third kappa shape index (κ3) is 2.54. The molecule has 0 saturated carbocycles. The van der Waals surface area contributed by atoms with Crippen LogP contribution >= 0.6 is 9.24 Å². The Bertz CT molecular complexity index is 159. The Morgan fingerprint density at radius 2 is 2.00 bits per heavy atom. The first kappa shape index (κ1) is 10.7. The summed E-state index contributed by atoms with van der Waals surface area (Å²) in [5.41, 5.74) is 0.550. The van der Waals surface area contributed by atoms with Crippen LogP contribution in [0.5, 0.6) is 0 Å². The molecular weight excluding hydrogens is 161 g/mol. The van der Waals surface area contributed by atoms with Gasteiger partial charge in [0.15, 0.2) is 0 Å². The van der Waals surface area contributed by atoms with Crippen LogP contribution < -0.4 is 0 Å². The van der Waals surface area contributed by atoms with E-state index in [1.807, 2.05) is 4.90 Å². The molecule has 0 aliphatic carbocycles. The number of piperidine rings is 1. The summed E-state index contributed by atoms with van der Waals surface area (Å²) in [4.78, 5) is 1.92. The highest BCUT2D eigenvalue weighted by atomic mass is 31.0. The van der Waals surface area contributed by atoms with Crippen molar-refractivity contribution >= 4 is 32.8 Å². The lowest BCUT2D eigenvalue weighted by atomic mass is 9.48. The highest BCUT2D eigenvalue weighted by molar-refractivity contribution is 7.17. The van der Waals surface area contributed by atoms with E-state index in [0.717, 1.165) is 19.5 Å². The molecule has 1 nitrogen and oxygen atoms in total. The van der Waals surface area contributed by atoms with Crippen molar-refractivity contribution < 1.29 is 0 Å². The maximum Gasteiger partial charge on any atom is 0.0698 e. The molecule has 0 aromatic rings. The maximum absolute atomic E-state index is 5.59. The molecule has 1 aliphatic rings. The van der Waals surface area contributed by atoms with Crippen LogP contribution in [0.25, 0.3) is 0 Å². The van der Waals surface area contributed by atoms with Gasteiger partial charge in [0.05, 0.1) is 23.5 Å². The molecule has 12 heavy (non-hydrogen) atoms. The van der Waals surface area contributed by atoms with Gasteiger partial charge in [0.2, 0.25) is 0 Å². The summed E-state index contributed by atoms with van der Waals surface area (Å²) in [6.45, 7) is 4.01. The average molecular weight is 175 g/mol. The van der Waals surface area contributed by atoms with Gasteiger partial charge in [-0.1, -0.05) is 12.2 Å². The van der Waals surface area contributed by atoms with Gasteiger partial charge in [-0.2, -0.15) is 0 Å². The molecule has 5 heteroatoms. The minimum atomic E-state index is -1.14. The molecule has 0 amide bonds. The molecule has 0 bridgehead atoms. The first-order chi connectivity index (χ1) is 5.41. The molecular formula is C7H13B3NP. The van der Waals surface area contributed by atoms with Crippen LogP contribution in [0.1, 0.15) is 13.3 Å². The fraction of sp³-hybridized carbons (Fsp3) is 1.00. The topological polar surface area (TPSA) is 3.24 Å². The number of hydrogen-bond acceptors (Lipinski definition) is 1. The van der Waals surface area contributed by atoms with Gasteiger partial charge in [0.1, 0.15) is 0 Å². The zero-order valence-corrected chi connectivity index (χ0v) is 8.69. The molecule has 0 N–H and O–H groups in total. The first-order valence-electron chi connectivity index (χ1n) is 4.28. The van der Waals surface area contributed by atoms with Crippen molar-refractivity contribution in [3.63, 3.8) is 0 Å². The van der Waals surface area contributed by atoms with E-state index in [1.165, 1.54) is 0 Å². The second-order valence-corrected chi connectivity index (χ2v) is 4.62. The minimum absolute atomic E-state index is 0.550. The lowest BCUT2D eigenvalue weighted by Gasteiger charge is -2.44. The van der Waals surface area contributed by atoms with Gasteiger partial charge < -0.3 is 4.90 Å². The third-order valence-electron chi connectivity index (χ3n) is 2.56. The Hall–Kier alpha value is 0.585. The van der Waals surface area contributed by atoms with Crippen molar-refractivity contribution in [3.8, 4) is 0 Å². The average Bonchev–Trinajstić information content (AvgIpc) is 1.92. The van der Waals surface area contributed by atoms with Gasteiger partial charge >= 0.3 is 0 Å². The van der Waals surface area contributed by atoms with Gasteiger partial charge in [-0.15, -0.1) is 9.24 Å². The number of nitrogens with zero attached hydrogens (tertiary/aromatic N) is 1. The highest BCUT2D eigenvalue weighted by Gasteiger charge is 2.28. The summed E-state index contributed by atoms with van der Waals surface area (Å²) >= 11 is 0. The molecule has 0 spiro atoms. The van der Waals surface area contributed by atoms with Gasteiger partial charge in [-0.25, -0.2) is 0 Å². The summed E-state index contributed by atoms with van der Waals surface area (Å²) in [5.74, 6) is 0.716. The van der Waals surface area contributed by atoms with Gasteiger partial charge in [-0.3, -0.25) is 0 Å². The van der Waals surface area contributed by atoms with E-state index in [1.54, 1.807) is 0 Å². The minimum Gasteiger partial charge on any atom is -0.322 e. The van der Waals surface area contributed by atoms with E-state index in [9.17, 15) is 0 Å². The van der Waals surface area contributed by atoms with Crippen molar-refractivity contribution in [1.82, 2.24) is 4.90 Å². The third-order valence-corrected chi connectivity index (χ3v) is 3.43. The number of hydrogen-bond donors (Lipinski definition) is 0. The lowest BCUT2D eigenvalue weighted by molar-refractivity contribution is 0.196. The molecule has 0 aromatic carbocycles. The number of rotatable bonds is 1. The molecule has 1 fully saturated rings. The van der Waals surface area contributed by atoms with E-state index >= 15 is 0 Å². The summed E-state index contributed by atoms with van der Waals surface area (Å²) in [5, 5.41) is -1.14. The second-order valence-electron chi connectivity index (χ2n) is 3.76. The van der Waals surface area contributed by atoms with Crippen LogP contribution in [-0.2, 0) is 0 Å². The van der Waals surface area contributed by atoms with E-state index < -0.39 is 5.24 Å². The first-order valence-corrected chi connectivity index (χ1v) is 4.95. The van der Waals surface area contributed by atoms with E-state index in [0.29, 0.717) is 11.6 Å². The quantitative estimate of drug-likeness (QED) is 0.390. The Kier molecular flexibility index (Phi) is 3.34. The Morgan fingerprint density at radius 3 is 2.42 bits per heavy atom. The predicted octanol–water partition coefficient (Wildman–Crippen LogP) is -0.311. The van der Waals surface area contributed by atoms with Crippen LogP contribution in [0, 0.1) is 5.92 Å². The molecule has 2 unspecified atom stereocenters. The summed E-state index contributed by atoms with van der Waals surface area (Å²) in [6, 6.07) is 0. The van der Waals surface area contributed by atoms with Gasteiger partial charge in [0.25, 0.3) is 0 Å². The van der Waals surface area contributed by atoms with Crippen molar-refractivity contribution in [2.75, 3.05) is 13.1 Å². The molecule has 1 saturated heterocycles. The highest BCUT2D eigenvalue weighted by Crippen LogP contribution is 2.25. The van der Waals surface area contributed by atoms with Crippen LogP contribution in [-0.4, -0.2) is 52.4 Å². The van der Waals surface area contributed by atoms with Crippen LogP contribution in [0.3, 0.4) is 0 Å². The summed E-state index contributed by atoms with van der Waals surface area (Å²) < 4.78 is 0. The summed E-state index contributed by atoms with van der Waals surface area (Å²) in [7, 11) is 19.6. The summed E-state index contributed by atoms with van der Waals surface area (Å²) in [6.07, 6.45) is 1.11. The Balaban J connectivity index is 2.51. The van der Waals surface area contributed by atoms with Crippen LogP contribution in [0.2, 0.25) is 0 Å².